The molecule has 5 heteroatoms. The number of hydrogen-bond acceptors (Lipinski definition) is 3. The van der Waals surface area contributed by atoms with Crippen molar-refractivity contribution >= 4 is 11.3 Å². The molecule has 0 unspecified atom stereocenters. The molecule has 1 aromatic rings. The van der Waals surface area contributed by atoms with Gasteiger partial charge in [0.05, 0.1) is 18.5 Å². The molecule has 0 aliphatic heterocycles. The fourth-order valence-corrected chi connectivity index (χ4v) is 1.74. The van der Waals surface area contributed by atoms with Crippen LogP contribution in [0.3, 0.4) is 0 Å². The lowest BCUT2D eigenvalue weighted by Crippen LogP contribution is -2.20. The molecular weight excluding hydrogens is 196 g/mol. The molecule has 0 saturated heterocycles. The summed E-state index contributed by atoms with van der Waals surface area (Å²) in [6, 6.07) is 1.82. The van der Waals surface area contributed by atoms with Crippen LogP contribution in [-0.4, -0.2) is 20.1 Å². The molecule has 0 spiro atoms. The number of methoxy groups -OCH3 is 1. The lowest BCUT2D eigenvalue weighted by Gasteiger charge is -2.03. The van der Waals surface area contributed by atoms with Gasteiger partial charge < -0.3 is 10.1 Å². The van der Waals surface area contributed by atoms with E-state index < -0.39 is 6.43 Å². The van der Waals surface area contributed by atoms with Gasteiger partial charge in [-0.15, -0.1) is 11.3 Å². The zero-order valence-electron chi connectivity index (χ0n) is 7.22. The van der Waals surface area contributed by atoms with Crippen LogP contribution in [0.4, 0.5) is 8.78 Å². The van der Waals surface area contributed by atoms with Crippen LogP contribution in [0.15, 0.2) is 11.4 Å². The van der Waals surface area contributed by atoms with Gasteiger partial charge in [-0.1, -0.05) is 0 Å². The lowest BCUT2D eigenvalue weighted by atomic mass is 10.4. The van der Waals surface area contributed by atoms with Gasteiger partial charge >= 0.3 is 0 Å². The maximum atomic E-state index is 11.8. The Morgan fingerprint density at radius 1 is 1.62 bits per heavy atom. The van der Waals surface area contributed by atoms with Gasteiger partial charge in [-0.2, -0.15) is 0 Å². The molecule has 0 radical (unpaired) electrons. The topological polar surface area (TPSA) is 21.3 Å². The highest BCUT2D eigenvalue weighted by Gasteiger charge is 2.05. The van der Waals surface area contributed by atoms with Gasteiger partial charge in [0.1, 0.15) is 5.75 Å². The monoisotopic (exact) mass is 207 g/mol. The minimum Gasteiger partial charge on any atom is -0.496 e. The second kappa shape index (κ2) is 5.14. The first kappa shape index (κ1) is 10.4. The quantitative estimate of drug-likeness (QED) is 0.798. The van der Waals surface area contributed by atoms with Crippen LogP contribution >= 0.6 is 11.3 Å². The fourth-order valence-electron chi connectivity index (χ4n) is 0.934. The molecule has 2 nitrogen and oxygen atoms in total. The molecular formula is C8H11F2NOS. The average molecular weight is 207 g/mol. The van der Waals surface area contributed by atoms with Crippen LogP contribution in [0.5, 0.6) is 5.75 Å². The number of alkyl halides is 2. The Bertz CT molecular complexity index is 252. The summed E-state index contributed by atoms with van der Waals surface area (Å²) in [5.41, 5.74) is 0. The van der Waals surface area contributed by atoms with Crippen molar-refractivity contribution in [2.75, 3.05) is 13.7 Å². The number of nitrogens with one attached hydrogen (secondary N) is 1. The van der Waals surface area contributed by atoms with Crippen LogP contribution in [-0.2, 0) is 6.54 Å². The van der Waals surface area contributed by atoms with Crippen molar-refractivity contribution in [1.29, 1.82) is 0 Å². The van der Waals surface area contributed by atoms with Crippen LogP contribution in [0, 0.1) is 0 Å². The van der Waals surface area contributed by atoms with E-state index in [4.69, 9.17) is 4.74 Å². The summed E-state index contributed by atoms with van der Waals surface area (Å²) in [4.78, 5) is 0.947. The van der Waals surface area contributed by atoms with Gasteiger partial charge in [0.25, 0.3) is 6.43 Å². The molecule has 13 heavy (non-hydrogen) atoms. The predicted molar refractivity (Wildman–Crippen MR) is 48.6 cm³/mol. The summed E-state index contributed by atoms with van der Waals surface area (Å²) in [7, 11) is 1.57. The molecule has 0 bridgehead atoms. The Morgan fingerprint density at radius 3 is 3.00 bits per heavy atom. The smallest absolute Gasteiger partial charge is 0.250 e. The molecule has 0 fully saturated rings. The maximum Gasteiger partial charge on any atom is 0.250 e. The van der Waals surface area contributed by atoms with E-state index in [1.54, 1.807) is 7.11 Å². The number of hydrogen-bond donors (Lipinski definition) is 1. The summed E-state index contributed by atoms with van der Waals surface area (Å²) < 4.78 is 28.5. The fraction of sp³-hybridized carbons (Fsp3) is 0.500. The van der Waals surface area contributed by atoms with E-state index in [1.165, 1.54) is 11.3 Å². The largest absolute Gasteiger partial charge is 0.496 e. The van der Waals surface area contributed by atoms with Gasteiger partial charge in [-0.3, -0.25) is 0 Å². The maximum absolute atomic E-state index is 11.8. The van der Waals surface area contributed by atoms with Gasteiger partial charge in [0.2, 0.25) is 0 Å². The summed E-state index contributed by atoms with van der Waals surface area (Å²) in [6.45, 7) is 0.159. The van der Waals surface area contributed by atoms with Gasteiger partial charge in [-0.05, 0) is 11.4 Å². The van der Waals surface area contributed by atoms with E-state index >= 15 is 0 Å². The zero-order valence-corrected chi connectivity index (χ0v) is 8.04. The van der Waals surface area contributed by atoms with Gasteiger partial charge in [0, 0.05) is 6.54 Å². The molecule has 1 rings (SSSR count). The third kappa shape index (κ3) is 3.28. The minimum absolute atomic E-state index is 0.277. The van der Waals surface area contributed by atoms with Crippen molar-refractivity contribution in [3.05, 3.63) is 16.3 Å². The standard InChI is InChI=1S/C8H11F2NOS/c1-12-6-2-3-13-7(6)4-11-5-8(9)10/h2-3,8,11H,4-5H2,1H3. The predicted octanol–water partition coefficient (Wildman–Crippen LogP) is 2.11. The van der Waals surface area contributed by atoms with Crippen molar-refractivity contribution in [2.45, 2.75) is 13.0 Å². The molecule has 1 heterocycles. The molecule has 74 valence electrons. The number of halogens is 2. The summed E-state index contributed by atoms with van der Waals surface area (Å²) in [5, 5.41) is 4.52. The molecule has 0 atom stereocenters. The molecule has 0 aromatic carbocycles. The van der Waals surface area contributed by atoms with E-state index in [2.05, 4.69) is 5.32 Å². The van der Waals surface area contributed by atoms with Crippen LogP contribution < -0.4 is 10.1 Å². The van der Waals surface area contributed by atoms with Crippen molar-refractivity contribution < 1.29 is 13.5 Å². The third-order valence-electron chi connectivity index (χ3n) is 1.51. The van der Waals surface area contributed by atoms with Crippen LogP contribution in [0.2, 0.25) is 0 Å². The van der Waals surface area contributed by atoms with Crippen LogP contribution in [0.25, 0.3) is 0 Å². The Balaban J connectivity index is 2.36. The van der Waals surface area contributed by atoms with Crippen molar-refractivity contribution in [3.8, 4) is 5.75 Å². The van der Waals surface area contributed by atoms with E-state index in [0.29, 0.717) is 6.54 Å². The molecule has 0 aliphatic rings. The Kier molecular flexibility index (Phi) is 4.11. The summed E-state index contributed by atoms with van der Waals surface area (Å²) >= 11 is 1.49. The summed E-state index contributed by atoms with van der Waals surface area (Å²) in [6.07, 6.45) is -2.30. The minimum atomic E-state index is -2.30. The van der Waals surface area contributed by atoms with E-state index in [-0.39, 0.29) is 6.54 Å². The molecule has 1 aromatic heterocycles. The first-order chi connectivity index (χ1) is 6.24. The SMILES string of the molecule is COc1ccsc1CNCC(F)F. The first-order valence-electron chi connectivity index (χ1n) is 3.83. The van der Waals surface area contributed by atoms with E-state index in [9.17, 15) is 8.78 Å². The number of thiophene rings is 1. The second-order valence-corrected chi connectivity index (χ2v) is 3.43. The van der Waals surface area contributed by atoms with Gasteiger partial charge in [0.15, 0.2) is 0 Å². The highest BCUT2D eigenvalue weighted by molar-refractivity contribution is 7.10. The number of rotatable bonds is 5. The van der Waals surface area contributed by atoms with Crippen LogP contribution in [0.1, 0.15) is 4.88 Å². The Morgan fingerprint density at radius 2 is 2.38 bits per heavy atom. The first-order valence-corrected chi connectivity index (χ1v) is 4.71. The molecule has 0 saturated carbocycles. The highest BCUT2D eigenvalue weighted by Crippen LogP contribution is 2.23. The third-order valence-corrected chi connectivity index (χ3v) is 2.41. The Labute approximate surface area is 79.5 Å². The highest BCUT2D eigenvalue weighted by atomic mass is 32.1. The van der Waals surface area contributed by atoms with Crippen molar-refractivity contribution in [1.82, 2.24) is 5.32 Å². The lowest BCUT2D eigenvalue weighted by molar-refractivity contribution is 0.145. The zero-order chi connectivity index (χ0) is 9.68. The average Bonchev–Trinajstić information content (AvgIpc) is 2.51. The van der Waals surface area contributed by atoms with E-state index in [0.717, 1.165) is 10.6 Å². The Hall–Kier alpha value is -0.680. The molecule has 1 N–H and O–H groups in total. The molecule has 0 amide bonds. The van der Waals surface area contributed by atoms with Gasteiger partial charge in [-0.25, -0.2) is 8.78 Å². The summed E-state index contributed by atoms with van der Waals surface area (Å²) in [5.74, 6) is 0.756. The molecule has 0 aliphatic carbocycles. The van der Waals surface area contributed by atoms with Crippen molar-refractivity contribution in [3.63, 3.8) is 0 Å². The van der Waals surface area contributed by atoms with E-state index in [1.807, 2.05) is 11.4 Å². The number of ether oxygens (including phenoxy) is 1. The van der Waals surface area contributed by atoms with Crippen molar-refractivity contribution in [2.24, 2.45) is 0 Å². The normalized spacial score (nSPS) is 10.8. The second-order valence-electron chi connectivity index (χ2n) is 2.43.